The molecule has 0 aromatic carbocycles. The highest BCUT2D eigenvalue weighted by Gasteiger charge is 2.51. The fraction of sp³-hybridized carbons (Fsp3) is 0.571. The third-order valence-corrected chi connectivity index (χ3v) is 4.63. The summed E-state index contributed by atoms with van der Waals surface area (Å²) in [7, 11) is 0. The molecule has 2 aliphatic rings. The zero-order valence-electron chi connectivity index (χ0n) is 10.8. The molecular weight excluding hydrogens is 260 g/mol. The maximum absolute atomic E-state index is 12.8. The summed E-state index contributed by atoms with van der Waals surface area (Å²) in [5, 5.41) is 0. The third kappa shape index (κ3) is 2.16. The normalized spacial score (nSPS) is 20.6. The Morgan fingerprint density at radius 1 is 1.53 bits per heavy atom. The molecule has 1 heterocycles. The van der Waals surface area contributed by atoms with Crippen LogP contribution in [-0.4, -0.2) is 21.8 Å². The Bertz CT molecular complexity index is 490. The van der Waals surface area contributed by atoms with Gasteiger partial charge in [0, 0.05) is 6.04 Å². The van der Waals surface area contributed by atoms with Gasteiger partial charge in [-0.3, -0.25) is 4.79 Å². The van der Waals surface area contributed by atoms with E-state index in [1.165, 1.54) is 0 Å². The van der Waals surface area contributed by atoms with Crippen molar-refractivity contribution in [3.05, 3.63) is 24.2 Å². The predicted molar refractivity (Wildman–Crippen MR) is 75.3 cm³/mol. The minimum absolute atomic E-state index is 0.102. The summed E-state index contributed by atoms with van der Waals surface area (Å²) in [6, 6.07) is 4.08. The van der Waals surface area contributed by atoms with Gasteiger partial charge in [0.15, 0.2) is 0 Å². The summed E-state index contributed by atoms with van der Waals surface area (Å²) in [5.41, 5.74) is 5.25. The van der Waals surface area contributed by atoms with Crippen LogP contribution in [0.25, 0.3) is 0 Å². The highest BCUT2D eigenvalue weighted by molar-refractivity contribution is 7.80. The molecule has 2 aliphatic carbocycles. The van der Waals surface area contributed by atoms with Crippen LogP contribution < -0.4 is 5.73 Å². The van der Waals surface area contributed by atoms with Gasteiger partial charge in [0.1, 0.15) is 5.76 Å². The van der Waals surface area contributed by atoms with Gasteiger partial charge in [0.05, 0.1) is 23.2 Å². The molecule has 0 unspecified atom stereocenters. The van der Waals surface area contributed by atoms with Crippen LogP contribution in [0.3, 0.4) is 0 Å². The summed E-state index contributed by atoms with van der Waals surface area (Å²) in [6.07, 6.45) is 6.39. The van der Waals surface area contributed by atoms with Gasteiger partial charge in [-0.2, -0.15) is 0 Å². The van der Waals surface area contributed by atoms with Crippen LogP contribution in [0.2, 0.25) is 0 Å². The molecule has 0 spiro atoms. The molecule has 0 atom stereocenters. The summed E-state index contributed by atoms with van der Waals surface area (Å²) in [5.74, 6) is 0.919. The van der Waals surface area contributed by atoms with Crippen molar-refractivity contribution in [3.8, 4) is 0 Å². The summed E-state index contributed by atoms with van der Waals surface area (Å²) >= 11 is 5.14. The molecule has 2 fully saturated rings. The fourth-order valence-electron chi connectivity index (χ4n) is 2.69. The second-order valence-electron chi connectivity index (χ2n) is 5.54. The number of nitrogens with two attached hydrogens (primary N) is 1. The van der Waals surface area contributed by atoms with E-state index in [2.05, 4.69) is 0 Å². The van der Waals surface area contributed by atoms with Crippen molar-refractivity contribution >= 4 is 23.1 Å². The van der Waals surface area contributed by atoms with Gasteiger partial charge in [-0.1, -0.05) is 18.6 Å². The van der Waals surface area contributed by atoms with E-state index in [0.29, 0.717) is 17.6 Å². The summed E-state index contributed by atoms with van der Waals surface area (Å²) < 4.78 is 5.36. The van der Waals surface area contributed by atoms with Gasteiger partial charge in [-0.15, -0.1) is 0 Å². The molecule has 0 bridgehead atoms. The van der Waals surface area contributed by atoms with E-state index in [9.17, 15) is 4.79 Å². The molecule has 2 saturated carbocycles. The average Bonchev–Trinajstić information content (AvgIpc) is 3.01. The Morgan fingerprint density at radius 3 is 2.68 bits per heavy atom. The second kappa shape index (κ2) is 4.63. The molecule has 19 heavy (non-hydrogen) atoms. The lowest BCUT2D eigenvalue weighted by Crippen LogP contribution is -2.54. The molecule has 4 nitrogen and oxygen atoms in total. The lowest BCUT2D eigenvalue weighted by molar-refractivity contribution is -0.143. The number of furan rings is 1. The Kier molecular flexibility index (Phi) is 3.09. The van der Waals surface area contributed by atoms with Crippen LogP contribution in [0.15, 0.2) is 22.8 Å². The number of rotatable bonds is 5. The number of hydrogen-bond donors (Lipinski definition) is 1. The van der Waals surface area contributed by atoms with Crippen molar-refractivity contribution in [3.63, 3.8) is 0 Å². The number of carbonyl (C=O) groups is 1. The molecule has 1 amide bonds. The Hall–Kier alpha value is -1.36. The van der Waals surface area contributed by atoms with Crippen LogP contribution in [0.1, 0.15) is 37.9 Å². The Morgan fingerprint density at radius 2 is 2.26 bits per heavy atom. The van der Waals surface area contributed by atoms with E-state index in [4.69, 9.17) is 22.4 Å². The standard InChI is InChI=1S/C14H18N2O2S/c15-12(19)14(6-2-7-14)13(17)16(10-4-5-10)9-11-3-1-8-18-11/h1,3,8,10H,2,4-7,9H2,(H2,15,19). The first-order valence-electron chi connectivity index (χ1n) is 6.77. The molecule has 3 rings (SSSR count). The van der Waals surface area contributed by atoms with Crippen LogP contribution in [0.5, 0.6) is 0 Å². The molecule has 1 aromatic rings. The van der Waals surface area contributed by atoms with Crippen molar-refractivity contribution in [2.24, 2.45) is 11.1 Å². The Balaban J connectivity index is 1.80. The van der Waals surface area contributed by atoms with Crippen molar-refractivity contribution in [1.82, 2.24) is 4.90 Å². The van der Waals surface area contributed by atoms with E-state index in [0.717, 1.165) is 37.9 Å². The van der Waals surface area contributed by atoms with E-state index >= 15 is 0 Å². The lowest BCUT2D eigenvalue weighted by Gasteiger charge is -2.42. The number of nitrogens with zero attached hydrogens (tertiary/aromatic N) is 1. The molecule has 5 heteroatoms. The van der Waals surface area contributed by atoms with Crippen molar-refractivity contribution in [2.75, 3.05) is 0 Å². The highest BCUT2D eigenvalue weighted by Crippen LogP contribution is 2.45. The molecular formula is C14H18N2O2S. The predicted octanol–water partition coefficient (Wildman–Crippen LogP) is 2.23. The molecule has 1 aromatic heterocycles. The Labute approximate surface area is 117 Å². The number of hydrogen-bond acceptors (Lipinski definition) is 3. The maximum Gasteiger partial charge on any atom is 0.236 e. The van der Waals surface area contributed by atoms with Gasteiger partial charge in [-0.05, 0) is 37.8 Å². The average molecular weight is 278 g/mol. The molecule has 102 valence electrons. The summed E-state index contributed by atoms with van der Waals surface area (Å²) in [4.78, 5) is 15.1. The van der Waals surface area contributed by atoms with E-state index in [1.807, 2.05) is 17.0 Å². The smallest absolute Gasteiger partial charge is 0.236 e. The van der Waals surface area contributed by atoms with Gasteiger partial charge in [0.25, 0.3) is 0 Å². The van der Waals surface area contributed by atoms with Gasteiger partial charge < -0.3 is 15.1 Å². The zero-order valence-corrected chi connectivity index (χ0v) is 11.6. The van der Waals surface area contributed by atoms with Gasteiger partial charge >= 0.3 is 0 Å². The summed E-state index contributed by atoms with van der Waals surface area (Å²) in [6.45, 7) is 0.529. The van der Waals surface area contributed by atoms with Crippen LogP contribution >= 0.6 is 12.2 Å². The molecule has 0 aliphatic heterocycles. The van der Waals surface area contributed by atoms with Gasteiger partial charge in [0.2, 0.25) is 5.91 Å². The topological polar surface area (TPSA) is 59.5 Å². The third-order valence-electron chi connectivity index (χ3n) is 4.24. The number of carbonyl (C=O) groups excluding carboxylic acids is 1. The van der Waals surface area contributed by atoms with Crippen LogP contribution in [0.4, 0.5) is 0 Å². The maximum atomic E-state index is 12.8. The highest BCUT2D eigenvalue weighted by atomic mass is 32.1. The van der Waals surface area contributed by atoms with Crippen molar-refractivity contribution in [2.45, 2.75) is 44.7 Å². The SMILES string of the molecule is NC(=S)C1(C(=O)N(Cc2ccco2)C2CC2)CCC1. The first-order chi connectivity index (χ1) is 9.13. The number of thiocarbonyl (C=S) groups is 1. The lowest BCUT2D eigenvalue weighted by atomic mass is 9.67. The minimum atomic E-state index is -0.579. The molecule has 0 saturated heterocycles. The molecule has 2 N–H and O–H groups in total. The largest absolute Gasteiger partial charge is 0.467 e. The van der Waals surface area contributed by atoms with Crippen LogP contribution in [0, 0.1) is 5.41 Å². The molecule has 0 radical (unpaired) electrons. The van der Waals surface area contributed by atoms with Crippen molar-refractivity contribution < 1.29 is 9.21 Å². The first-order valence-corrected chi connectivity index (χ1v) is 7.18. The van der Waals surface area contributed by atoms with Crippen molar-refractivity contribution in [1.29, 1.82) is 0 Å². The van der Waals surface area contributed by atoms with Gasteiger partial charge in [-0.25, -0.2) is 0 Å². The fourth-order valence-corrected chi connectivity index (χ4v) is 2.99. The quantitative estimate of drug-likeness (QED) is 0.839. The first kappa shape index (κ1) is 12.7. The van der Waals surface area contributed by atoms with E-state index in [-0.39, 0.29) is 5.91 Å². The second-order valence-corrected chi connectivity index (χ2v) is 5.98. The minimum Gasteiger partial charge on any atom is -0.467 e. The zero-order chi connectivity index (χ0) is 13.5. The van der Waals surface area contributed by atoms with E-state index < -0.39 is 5.41 Å². The van der Waals surface area contributed by atoms with Crippen LogP contribution in [-0.2, 0) is 11.3 Å². The monoisotopic (exact) mass is 278 g/mol. The van der Waals surface area contributed by atoms with E-state index in [1.54, 1.807) is 6.26 Å². The number of amides is 1.